The van der Waals surface area contributed by atoms with E-state index in [9.17, 15) is 4.79 Å². The first kappa shape index (κ1) is 15.4. The Hall–Kier alpha value is -1.02. The number of aromatic nitrogens is 1. The van der Waals surface area contributed by atoms with Gasteiger partial charge in [-0.05, 0) is 19.4 Å². The van der Waals surface area contributed by atoms with E-state index in [0.29, 0.717) is 38.8 Å². The number of nitrogens with zero attached hydrogens (tertiary/aromatic N) is 1. The van der Waals surface area contributed by atoms with Crippen LogP contribution < -0.4 is 16.8 Å². The SMILES string of the molecule is NCCCNc1nc(N)c(C(=O)C2=CCC=C(Cl)S2)s1. The van der Waals surface area contributed by atoms with E-state index >= 15 is 0 Å². The maximum atomic E-state index is 12.4. The Morgan fingerprint density at radius 3 is 3.00 bits per heavy atom. The molecule has 0 radical (unpaired) electrons. The van der Waals surface area contributed by atoms with Crippen molar-refractivity contribution in [3.05, 3.63) is 26.3 Å². The van der Waals surface area contributed by atoms with Crippen molar-refractivity contribution in [2.24, 2.45) is 5.73 Å². The van der Waals surface area contributed by atoms with E-state index in [1.807, 2.05) is 12.2 Å². The second kappa shape index (κ2) is 7.12. The van der Waals surface area contributed by atoms with E-state index in [1.165, 1.54) is 23.1 Å². The van der Waals surface area contributed by atoms with Crippen molar-refractivity contribution in [1.82, 2.24) is 4.98 Å². The number of anilines is 2. The molecule has 0 atom stereocenters. The summed E-state index contributed by atoms with van der Waals surface area (Å²) in [6, 6.07) is 0. The molecule has 0 bridgehead atoms. The highest BCUT2D eigenvalue weighted by Crippen LogP contribution is 2.37. The van der Waals surface area contributed by atoms with Crippen LogP contribution in [0.25, 0.3) is 0 Å². The first-order valence-electron chi connectivity index (χ1n) is 6.10. The summed E-state index contributed by atoms with van der Waals surface area (Å²) in [6.07, 6.45) is 5.20. The summed E-state index contributed by atoms with van der Waals surface area (Å²) >= 11 is 8.45. The molecule has 0 aliphatic carbocycles. The number of rotatable bonds is 6. The molecule has 5 N–H and O–H groups in total. The number of Topliss-reactive ketones (excluding diaryl/α,β-unsaturated/α-hetero) is 1. The Morgan fingerprint density at radius 2 is 2.30 bits per heavy atom. The second-order valence-electron chi connectivity index (χ2n) is 4.05. The molecule has 108 valence electrons. The van der Waals surface area contributed by atoms with Gasteiger partial charge in [0.2, 0.25) is 5.78 Å². The molecule has 20 heavy (non-hydrogen) atoms. The normalized spacial score (nSPS) is 14.7. The Morgan fingerprint density at radius 1 is 1.50 bits per heavy atom. The molecule has 1 aromatic heterocycles. The summed E-state index contributed by atoms with van der Waals surface area (Å²) in [5.41, 5.74) is 11.2. The van der Waals surface area contributed by atoms with E-state index in [-0.39, 0.29) is 11.6 Å². The molecule has 5 nitrogen and oxygen atoms in total. The van der Waals surface area contributed by atoms with Crippen LogP contribution in [-0.4, -0.2) is 23.9 Å². The fraction of sp³-hybridized carbons (Fsp3) is 0.333. The van der Waals surface area contributed by atoms with Crippen LogP contribution in [0.1, 0.15) is 22.5 Å². The lowest BCUT2D eigenvalue weighted by Crippen LogP contribution is -2.08. The van der Waals surface area contributed by atoms with Gasteiger partial charge in [0.25, 0.3) is 0 Å². The number of hydrogen-bond acceptors (Lipinski definition) is 7. The van der Waals surface area contributed by atoms with Gasteiger partial charge in [0, 0.05) is 6.54 Å². The van der Waals surface area contributed by atoms with Crippen molar-refractivity contribution in [2.45, 2.75) is 12.8 Å². The maximum Gasteiger partial charge on any atom is 0.213 e. The van der Waals surface area contributed by atoms with Crippen molar-refractivity contribution in [2.75, 3.05) is 24.1 Å². The number of ketones is 1. The Labute approximate surface area is 130 Å². The zero-order chi connectivity index (χ0) is 14.5. The molecule has 0 fully saturated rings. The topological polar surface area (TPSA) is 94.0 Å². The minimum atomic E-state index is -0.122. The number of allylic oxidation sites excluding steroid dienone is 3. The summed E-state index contributed by atoms with van der Waals surface area (Å²) in [4.78, 5) is 17.6. The molecule has 8 heteroatoms. The lowest BCUT2D eigenvalue weighted by Gasteiger charge is -2.08. The lowest BCUT2D eigenvalue weighted by atomic mass is 10.2. The highest BCUT2D eigenvalue weighted by Gasteiger charge is 2.22. The average Bonchev–Trinajstić information content (AvgIpc) is 2.79. The number of carbonyl (C=O) groups excluding carboxylic acids is 1. The van der Waals surface area contributed by atoms with E-state index in [1.54, 1.807) is 0 Å². The van der Waals surface area contributed by atoms with Crippen molar-refractivity contribution in [1.29, 1.82) is 0 Å². The molecule has 1 aliphatic rings. The van der Waals surface area contributed by atoms with E-state index < -0.39 is 0 Å². The standard InChI is InChI=1S/C12H15ClN4OS2/c13-8-4-1-3-7(19-8)9(18)10-11(15)17-12(20-10)16-6-2-5-14/h3-4H,1-2,5-6,14-15H2,(H,16,17). The van der Waals surface area contributed by atoms with Crippen LogP contribution in [0.3, 0.4) is 0 Å². The van der Waals surface area contributed by atoms with Gasteiger partial charge in [-0.25, -0.2) is 4.98 Å². The summed E-state index contributed by atoms with van der Waals surface area (Å²) in [6.45, 7) is 1.32. The van der Waals surface area contributed by atoms with Gasteiger partial charge in [0.15, 0.2) is 5.13 Å². The quantitative estimate of drug-likeness (QED) is 0.548. The second-order valence-corrected chi connectivity index (χ2v) is 6.76. The van der Waals surface area contributed by atoms with Crippen LogP contribution in [0.15, 0.2) is 21.4 Å². The molecular weight excluding hydrogens is 316 g/mol. The van der Waals surface area contributed by atoms with Crippen LogP contribution in [-0.2, 0) is 0 Å². The molecule has 0 aromatic carbocycles. The van der Waals surface area contributed by atoms with Crippen LogP contribution in [0.4, 0.5) is 10.9 Å². The molecule has 0 spiro atoms. The number of nitrogens with two attached hydrogens (primary N) is 2. The third kappa shape index (κ3) is 3.76. The fourth-order valence-corrected chi connectivity index (χ4v) is 3.60. The number of thioether (sulfide) groups is 1. The van der Waals surface area contributed by atoms with Crippen molar-refractivity contribution >= 4 is 51.4 Å². The van der Waals surface area contributed by atoms with E-state index in [0.717, 1.165) is 6.42 Å². The Kier molecular flexibility index (Phi) is 5.47. The maximum absolute atomic E-state index is 12.4. The van der Waals surface area contributed by atoms with Crippen LogP contribution in [0.2, 0.25) is 0 Å². The number of nitrogen functional groups attached to an aromatic ring is 1. The number of hydrogen-bond donors (Lipinski definition) is 3. The van der Waals surface area contributed by atoms with Gasteiger partial charge in [0.1, 0.15) is 10.7 Å². The summed E-state index contributed by atoms with van der Waals surface area (Å²) < 4.78 is 0.611. The molecular formula is C12H15ClN4OS2. The minimum Gasteiger partial charge on any atom is -0.382 e. The monoisotopic (exact) mass is 330 g/mol. The average molecular weight is 331 g/mol. The van der Waals surface area contributed by atoms with E-state index in [4.69, 9.17) is 23.1 Å². The summed E-state index contributed by atoms with van der Waals surface area (Å²) in [7, 11) is 0. The van der Waals surface area contributed by atoms with Gasteiger partial charge in [-0.2, -0.15) is 0 Å². The number of carbonyl (C=O) groups is 1. The largest absolute Gasteiger partial charge is 0.382 e. The molecule has 0 amide bonds. The van der Waals surface area contributed by atoms with Gasteiger partial charge in [0.05, 0.1) is 9.27 Å². The lowest BCUT2D eigenvalue weighted by molar-refractivity contribution is 0.104. The van der Waals surface area contributed by atoms with Crippen LogP contribution in [0.5, 0.6) is 0 Å². The molecule has 0 saturated carbocycles. The summed E-state index contributed by atoms with van der Waals surface area (Å²) in [5.74, 6) is 0.130. The molecule has 1 aromatic rings. The van der Waals surface area contributed by atoms with Crippen LogP contribution in [0, 0.1) is 0 Å². The summed E-state index contributed by atoms with van der Waals surface area (Å²) in [5, 5.41) is 3.75. The van der Waals surface area contributed by atoms with Crippen LogP contribution >= 0.6 is 34.7 Å². The predicted octanol–water partition coefficient (Wildman–Crippen LogP) is 2.77. The van der Waals surface area contributed by atoms with Gasteiger partial charge < -0.3 is 16.8 Å². The first-order chi connectivity index (χ1) is 9.61. The molecule has 1 aliphatic heterocycles. The van der Waals surface area contributed by atoms with Gasteiger partial charge in [-0.15, -0.1) is 0 Å². The van der Waals surface area contributed by atoms with Gasteiger partial charge >= 0.3 is 0 Å². The zero-order valence-corrected chi connectivity index (χ0v) is 13.1. The molecule has 2 heterocycles. The van der Waals surface area contributed by atoms with Gasteiger partial charge in [-0.3, -0.25) is 4.79 Å². The number of nitrogens with one attached hydrogen (secondary N) is 1. The fourth-order valence-electron chi connectivity index (χ4n) is 1.57. The predicted molar refractivity (Wildman–Crippen MR) is 87.2 cm³/mol. The Bertz CT molecular complexity index is 568. The third-order valence-electron chi connectivity index (χ3n) is 2.53. The highest BCUT2D eigenvalue weighted by atomic mass is 35.5. The Balaban J connectivity index is 2.08. The molecule has 2 rings (SSSR count). The van der Waals surface area contributed by atoms with Gasteiger partial charge in [-0.1, -0.05) is 46.9 Å². The minimum absolute atomic E-state index is 0.122. The number of thiazole rings is 1. The smallest absolute Gasteiger partial charge is 0.213 e. The van der Waals surface area contributed by atoms with Crippen molar-refractivity contribution in [3.8, 4) is 0 Å². The van der Waals surface area contributed by atoms with E-state index in [2.05, 4.69) is 10.3 Å². The third-order valence-corrected chi connectivity index (χ3v) is 4.88. The molecule has 0 unspecified atom stereocenters. The molecule has 0 saturated heterocycles. The zero-order valence-electron chi connectivity index (χ0n) is 10.7. The van der Waals surface area contributed by atoms with Crippen molar-refractivity contribution in [3.63, 3.8) is 0 Å². The first-order valence-corrected chi connectivity index (χ1v) is 8.11. The van der Waals surface area contributed by atoms with Crippen molar-refractivity contribution < 1.29 is 4.79 Å². The number of halogens is 1. The highest BCUT2D eigenvalue weighted by molar-refractivity contribution is 8.09.